The number of thioether (sulfide) groups is 1. The maximum atomic E-state index is 11.9. The van der Waals surface area contributed by atoms with Crippen LogP contribution in [0.2, 0.25) is 0 Å². The minimum Gasteiger partial charge on any atom is -0.337 e. The van der Waals surface area contributed by atoms with Crippen molar-refractivity contribution in [2.24, 2.45) is 0 Å². The summed E-state index contributed by atoms with van der Waals surface area (Å²) in [5.74, 6) is 6.05. The van der Waals surface area contributed by atoms with Gasteiger partial charge in [0.15, 0.2) is 5.16 Å². The number of aromatic nitrogens is 2. The Morgan fingerprint density at radius 1 is 1.04 bits per heavy atom. The zero-order valence-electron chi connectivity index (χ0n) is 15.2. The van der Waals surface area contributed by atoms with Crippen LogP contribution in [0.5, 0.6) is 0 Å². The molecule has 0 spiro atoms. The number of amides is 3. The summed E-state index contributed by atoms with van der Waals surface area (Å²) < 4.78 is 1.44. The van der Waals surface area contributed by atoms with Gasteiger partial charge in [0.2, 0.25) is 5.91 Å². The van der Waals surface area contributed by atoms with Crippen LogP contribution >= 0.6 is 11.8 Å². The Labute approximate surface area is 167 Å². The number of hydrogen-bond acceptors (Lipinski definition) is 5. The molecule has 3 aromatic rings. The molecule has 0 aliphatic carbocycles. The average Bonchev–Trinajstić information content (AvgIpc) is 3.08. The van der Waals surface area contributed by atoms with Gasteiger partial charge < -0.3 is 11.2 Å². The summed E-state index contributed by atoms with van der Waals surface area (Å²) in [7, 11) is 0. The van der Waals surface area contributed by atoms with Crippen molar-refractivity contribution in [3.05, 3.63) is 72.4 Å². The second-order valence-electron chi connectivity index (χ2n) is 6.00. The lowest BCUT2D eigenvalue weighted by atomic mass is 10.2. The molecule has 0 unspecified atom stereocenters. The Morgan fingerprint density at radius 3 is 2.43 bits per heavy atom. The van der Waals surface area contributed by atoms with Crippen LogP contribution in [0.1, 0.15) is 12.0 Å². The van der Waals surface area contributed by atoms with Gasteiger partial charge in [-0.1, -0.05) is 72.4 Å². The molecule has 8 heteroatoms. The van der Waals surface area contributed by atoms with Gasteiger partial charge in [-0.15, -0.1) is 0 Å². The van der Waals surface area contributed by atoms with Crippen molar-refractivity contribution < 1.29 is 9.59 Å². The molecule has 7 nitrogen and oxygen atoms in total. The third-order valence-electron chi connectivity index (χ3n) is 3.88. The van der Waals surface area contributed by atoms with E-state index in [-0.39, 0.29) is 12.3 Å². The van der Waals surface area contributed by atoms with Crippen molar-refractivity contribution in [2.45, 2.75) is 18.1 Å². The van der Waals surface area contributed by atoms with Gasteiger partial charge in [-0.3, -0.25) is 10.1 Å². The molecule has 2 aromatic carbocycles. The molecule has 0 saturated heterocycles. The molecule has 0 atom stereocenters. The summed E-state index contributed by atoms with van der Waals surface area (Å²) in [6, 6.07) is 18.7. The smallest absolute Gasteiger partial charge is 0.321 e. The molecule has 1 heterocycles. The fourth-order valence-corrected chi connectivity index (χ4v) is 3.31. The zero-order valence-corrected chi connectivity index (χ0v) is 16.0. The number of rotatable bonds is 7. The third kappa shape index (κ3) is 5.62. The van der Waals surface area contributed by atoms with E-state index in [4.69, 9.17) is 5.84 Å². The molecule has 3 amide bonds. The van der Waals surface area contributed by atoms with Gasteiger partial charge in [0.05, 0.1) is 11.9 Å². The number of nitrogens with two attached hydrogens (primary N) is 1. The molecule has 1 aromatic heterocycles. The van der Waals surface area contributed by atoms with Gasteiger partial charge in [0, 0.05) is 24.3 Å². The van der Waals surface area contributed by atoms with Crippen molar-refractivity contribution in [3.8, 4) is 11.3 Å². The van der Waals surface area contributed by atoms with Crippen LogP contribution in [0.3, 0.4) is 0 Å². The van der Waals surface area contributed by atoms with Crippen molar-refractivity contribution in [1.82, 2.24) is 20.3 Å². The van der Waals surface area contributed by atoms with E-state index < -0.39 is 6.03 Å². The van der Waals surface area contributed by atoms with Crippen molar-refractivity contribution in [1.29, 1.82) is 0 Å². The molecule has 28 heavy (non-hydrogen) atoms. The first-order valence-corrected chi connectivity index (χ1v) is 9.74. The fourth-order valence-electron chi connectivity index (χ4n) is 2.48. The highest BCUT2D eigenvalue weighted by Crippen LogP contribution is 2.22. The number of imide groups is 1. The van der Waals surface area contributed by atoms with Crippen LogP contribution in [0.15, 0.2) is 72.0 Å². The van der Waals surface area contributed by atoms with Crippen LogP contribution < -0.4 is 16.5 Å². The van der Waals surface area contributed by atoms with Gasteiger partial charge in [-0.2, -0.15) is 0 Å². The molecule has 0 radical (unpaired) electrons. The predicted molar refractivity (Wildman–Crippen MR) is 110 cm³/mol. The maximum Gasteiger partial charge on any atom is 0.321 e. The number of imidazole rings is 1. The van der Waals surface area contributed by atoms with E-state index in [1.165, 1.54) is 16.4 Å². The van der Waals surface area contributed by atoms with E-state index in [0.717, 1.165) is 16.8 Å². The monoisotopic (exact) mass is 395 g/mol. The standard InChI is InChI=1S/C20H21N5O2S/c21-25-14-17(16-9-5-2-6-10-16)23-20(25)28-12-11-18(26)24-19(27)22-13-15-7-3-1-4-8-15/h1-10,14H,11-13,21H2,(H2,22,24,26,27). The molecule has 0 aliphatic heterocycles. The highest BCUT2D eigenvalue weighted by atomic mass is 32.2. The van der Waals surface area contributed by atoms with Gasteiger partial charge >= 0.3 is 6.03 Å². The second kappa shape index (κ2) is 9.61. The Hall–Kier alpha value is -3.26. The molecule has 0 saturated carbocycles. The third-order valence-corrected chi connectivity index (χ3v) is 4.85. The van der Waals surface area contributed by atoms with Gasteiger partial charge in [-0.25, -0.2) is 14.5 Å². The number of nitrogen functional groups attached to an aromatic ring is 1. The fraction of sp³-hybridized carbons (Fsp3) is 0.150. The van der Waals surface area contributed by atoms with Gasteiger partial charge in [-0.05, 0) is 5.56 Å². The minimum atomic E-state index is -0.509. The number of carbonyl (C=O) groups excluding carboxylic acids is 2. The van der Waals surface area contributed by atoms with E-state index in [2.05, 4.69) is 15.6 Å². The molecular formula is C20H21N5O2S. The Morgan fingerprint density at radius 2 is 1.71 bits per heavy atom. The number of carbonyl (C=O) groups is 2. The van der Waals surface area contributed by atoms with Crippen LogP contribution in [0.4, 0.5) is 4.79 Å². The van der Waals surface area contributed by atoms with Crippen LogP contribution in [0.25, 0.3) is 11.3 Å². The molecule has 0 bridgehead atoms. The highest BCUT2D eigenvalue weighted by molar-refractivity contribution is 7.99. The summed E-state index contributed by atoms with van der Waals surface area (Å²) in [6.45, 7) is 0.363. The van der Waals surface area contributed by atoms with Gasteiger partial charge in [0.25, 0.3) is 0 Å². The molecule has 0 fully saturated rings. The van der Waals surface area contributed by atoms with Crippen LogP contribution in [-0.2, 0) is 11.3 Å². The number of nitrogens with zero attached hydrogens (tertiary/aromatic N) is 2. The van der Waals surface area contributed by atoms with E-state index in [0.29, 0.717) is 17.5 Å². The largest absolute Gasteiger partial charge is 0.337 e. The lowest BCUT2D eigenvalue weighted by Gasteiger charge is -2.06. The van der Waals surface area contributed by atoms with E-state index in [1.54, 1.807) is 6.20 Å². The molecule has 3 rings (SSSR count). The summed E-state index contributed by atoms with van der Waals surface area (Å²) in [6.07, 6.45) is 1.92. The number of nitrogens with one attached hydrogen (secondary N) is 2. The summed E-state index contributed by atoms with van der Waals surface area (Å²) >= 11 is 1.36. The van der Waals surface area contributed by atoms with E-state index in [1.807, 2.05) is 60.7 Å². The van der Waals surface area contributed by atoms with Gasteiger partial charge in [0.1, 0.15) is 0 Å². The number of urea groups is 1. The average molecular weight is 395 g/mol. The highest BCUT2D eigenvalue weighted by Gasteiger charge is 2.11. The maximum absolute atomic E-state index is 11.9. The molecule has 0 aliphatic rings. The first-order chi connectivity index (χ1) is 13.6. The zero-order chi connectivity index (χ0) is 19.8. The lowest BCUT2D eigenvalue weighted by Crippen LogP contribution is -2.39. The minimum absolute atomic E-state index is 0.178. The topological polar surface area (TPSA) is 102 Å². The lowest BCUT2D eigenvalue weighted by molar-refractivity contribution is -0.119. The summed E-state index contributed by atoms with van der Waals surface area (Å²) in [5.41, 5.74) is 2.71. The SMILES string of the molecule is Nn1cc(-c2ccccc2)nc1SCCC(=O)NC(=O)NCc1ccccc1. The Kier molecular flexibility index (Phi) is 6.69. The Bertz CT molecular complexity index is 928. The molecule has 144 valence electrons. The Balaban J connectivity index is 1.41. The summed E-state index contributed by atoms with van der Waals surface area (Å²) in [5, 5.41) is 5.59. The first kappa shape index (κ1) is 19.5. The first-order valence-electron chi connectivity index (χ1n) is 8.76. The van der Waals surface area contributed by atoms with Crippen LogP contribution in [-0.4, -0.2) is 27.4 Å². The van der Waals surface area contributed by atoms with Crippen molar-refractivity contribution in [2.75, 3.05) is 11.6 Å². The van der Waals surface area contributed by atoms with Crippen molar-refractivity contribution >= 4 is 23.7 Å². The molecule has 4 N–H and O–H groups in total. The predicted octanol–water partition coefficient (Wildman–Crippen LogP) is 2.77. The normalized spacial score (nSPS) is 10.4. The van der Waals surface area contributed by atoms with E-state index in [9.17, 15) is 9.59 Å². The van der Waals surface area contributed by atoms with E-state index >= 15 is 0 Å². The summed E-state index contributed by atoms with van der Waals surface area (Å²) in [4.78, 5) is 28.2. The number of benzene rings is 2. The van der Waals surface area contributed by atoms with Crippen LogP contribution in [0, 0.1) is 0 Å². The van der Waals surface area contributed by atoms with Crippen molar-refractivity contribution in [3.63, 3.8) is 0 Å². The number of hydrogen-bond donors (Lipinski definition) is 3. The quantitative estimate of drug-likeness (QED) is 0.422. The molecular weight excluding hydrogens is 374 g/mol. The second-order valence-corrected chi connectivity index (χ2v) is 7.06.